The van der Waals surface area contributed by atoms with Crippen molar-refractivity contribution in [3.05, 3.63) is 29.3 Å². The van der Waals surface area contributed by atoms with Crippen LogP contribution in [0.1, 0.15) is 43.0 Å². The number of nitrogens with one attached hydrogen (secondary N) is 1. The van der Waals surface area contributed by atoms with Crippen molar-refractivity contribution < 1.29 is 18.3 Å². The molecule has 110 valence electrons. The number of rotatable bonds is 4. The average Bonchev–Trinajstić information content (AvgIpc) is 2.88. The number of halogens is 2. The second-order valence-electron chi connectivity index (χ2n) is 5.15. The summed E-state index contributed by atoms with van der Waals surface area (Å²) in [5.41, 5.74) is -0.0837. The van der Waals surface area contributed by atoms with E-state index in [4.69, 9.17) is 0 Å². The van der Waals surface area contributed by atoms with Gasteiger partial charge in [0.1, 0.15) is 11.6 Å². The molecule has 0 radical (unpaired) electrons. The van der Waals surface area contributed by atoms with Gasteiger partial charge in [0.25, 0.3) is 0 Å². The first-order valence-electron chi connectivity index (χ1n) is 6.90. The molecule has 1 aromatic rings. The van der Waals surface area contributed by atoms with Gasteiger partial charge >= 0.3 is 5.97 Å². The molecule has 0 bridgehead atoms. The Kier molecular flexibility index (Phi) is 4.57. The van der Waals surface area contributed by atoms with Gasteiger partial charge in [-0.15, -0.1) is 0 Å². The molecule has 1 aliphatic rings. The van der Waals surface area contributed by atoms with Crippen molar-refractivity contribution >= 4 is 11.7 Å². The third-order valence-corrected chi connectivity index (χ3v) is 3.99. The summed E-state index contributed by atoms with van der Waals surface area (Å²) in [4.78, 5) is 11.4. The predicted molar refractivity (Wildman–Crippen MR) is 72.7 cm³/mol. The molecule has 0 amide bonds. The molecule has 2 unspecified atom stereocenters. The summed E-state index contributed by atoms with van der Waals surface area (Å²) in [5, 5.41) is 3.11. The number of benzene rings is 1. The number of carbonyl (C=O) groups is 1. The number of carbonyl (C=O) groups excluding carboxylic acids is 1. The van der Waals surface area contributed by atoms with Crippen LogP contribution >= 0.6 is 0 Å². The minimum atomic E-state index is -0.904. The van der Waals surface area contributed by atoms with E-state index in [-0.39, 0.29) is 17.3 Å². The quantitative estimate of drug-likeness (QED) is 0.855. The van der Waals surface area contributed by atoms with Crippen molar-refractivity contribution in [1.82, 2.24) is 0 Å². The number of hydrogen-bond acceptors (Lipinski definition) is 3. The van der Waals surface area contributed by atoms with Gasteiger partial charge in [0, 0.05) is 12.1 Å². The molecule has 5 heteroatoms. The van der Waals surface area contributed by atoms with Crippen LogP contribution in [-0.4, -0.2) is 19.1 Å². The normalized spacial score (nSPS) is 21.8. The number of ether oxygens (including phenoxy) is 1. The standard InChI is InChI=1S/C15H19F2NO2/c1-3-9-5-4-6-13(9)18-14-7-10(15(19)20-2)11(16)8-12(14)17/h7-9,13,18H,3-6H2,1-2H3. The van der Waals surface area contributed by atoms with E-state index >= 15 is 0 Å². The van der Waals surface area contributed by atoms with E-state index in [1.165, 1.54) is 13.2 Å². The summed E-state index contributed by atoms with van der Waals surface area (Å²) in [5.74, 6) is -1.90. The molecule has 0 heterocycles. The van der Waals surface area contributed by atoms with E-state index in [9.17, 15) is 13.6 Å². The van der Waals surface area contributed by atoms with Crippen molar-refractivity contribution in [3.63, 3.8) is 0 Å². The van der Waals surface area contributed by atoms with Gasteiger partial charge < -0.3 is 10.1 Å². The third-order valence-electron chi connectivity index (χ3n) is 3.99. The van der Waals surface area contributed by atoms with Crippen LogP contribution in [0.25, 0.3) is 0 Å². The first-order chi connectivity index (χ1) is 9.56. The van der Waals surface area contributed by atoms with Crippen LogP contribution in [-0.2, 0) is 4.74 Å². The number of esters is 1. The molecule has 2 rings (SSSR count). The summed E-state index contributed by atoms with van der Waals surface area (Å²) in [7, 11) is 1.17. The number of methoxy groups -OCH3 is 1. The largest absolute Gasteiger partial charge is 0.465 e. The Bertz CT molecular complexity index is 505. The van der Waals surface area contributed by atoms with Crippen molar-refractivity contribution in [3.8, 4) is 0 Å². The highest BCUT2D eigenvalue weighted by Gasteiger charge is 2.27. The summed E-state index contributed by atoms with van der Waals surface area (Å²) in [6, 6.07) is 2.09. The lowest BCUT2D eigenvalue weighted by Crippen LogP contribution is -2.24. The zero-order valence-electron chi connectivity index (χ0n) is 11.7. The van der Waals surface area contributed by atoms with Crippen molar-refractivity contribution in [1.29, 1.82) is 0 Å². The van der Waals surface area contributed by atoms with Crippen LogP contribution in [0, 0.1) is 17.6 Å². The highest BCUT2D eigenvalue weighted by Crippen LogP contribution is 2.32. The maximum Gasteiger partial charge on any atom is 0.340 e. The van der Waals surface area contributed by atoms with Gasteiger partial charge in [-0.1, -0.05) is 19.8 Å². The second-order valence-corrected chi connectivity index (χ2v) is 5.15. The monoisotopic (exact) mass is 283 g/mol. The van der Waals surface area contributed by atoms with Crippen molar-refractivity contribution in [2.24, 2.45) is 5.92 Å². The minimum absolute atomic E-state index is 0.164. The van der Waals surface area contributed by atoms with Crippen molar-refractivity contribution in [2.75, 3.05) is 12.4 Å². The van der Waals surface area contributed by atoms with Gasteiger partial charge in [-0.25, -0.2) is 13.6 Å². The molecule has 1 aromatic carbocycles. The Morgan fingerprint density at radius 2 is 2.10 bits per heavy atom. The van der Waals surface area contributed by atoms with Crippen LogP contribution in [0.3, 0.4) is 0 Å². The Balaban J connectivity index is 2.25. The van der Waals surface area contributed by atoms with Crippen LogP contribution in [0.15, 0.2) is 12.1 Å². The van der Waals surface area contributed by atoms with Crippen LogP contribution in [0.4, 0.5) is 14.5 Å². The molecular formula is C15H19F2NO2. The van der Waals surface area contributed by atoms with Crippen molar-refractivity contribution in [2.45, 2.75) is 38.6 Å². The lowest BCUT2D eigenvalue weighted by molar-refractivity contribution is 0.0595. The molecule has 1 N–H and O–H groups in total. The van der Waals surface area contributed by atoms with Gasteiger partial charge in [-0.05, 0) is 24.8 Å². The molecule has 0 spiro atoms. The van der Waals surface area contributed by atoms with E-state index in [0.29, 0.717) is 5.92 Å². The van der Waals surface area contributed by atoms with E-state index < -0.39 is 17.6 Å². The fourth-order valence-electron chi connectivity index (χ4n) is 2.84. The second kappa shape index (κ2) is 6.20. The Morgan fingerprint density at radius 1 is 1.35 bits per heavy atom. The summed E-state index contributed by atoms with van der Waals surface area (Å²) in [6.07, 6.45) is 4.19. The SMILES string of the molecule is CCC1CCCC1Nc1cc(C(=O)OC)c(F)cc1F. The fourth-order valence-corrected chi connectivity index (χ4v) is 2.84. The molecule has 0 saturated heterocycles. The smallest absolute Gasteiger partial charge is 0.340 e. The molecule has 20 heavy (non-hydrogen) atoms. The summed E-state index contributed by atoms with van der Waals surface area (Å²) in [6.45, 7) is 2.10. The maximum absolute atomic E-state index is 13.8. The third kappa shape index (κ3) is 2.92. The molecular weight excluding hydrogens is 264 g/mol. The number of hydrogen-bond donors (Lipinski definition) is 1. The number of anilines is 1. The molecule has 0 aromatic heterocycles. The first kappa shape index (κ1) is 14.8. The lowest BCUT2D eigenvalue weighted by Gasteiger charge is -2.21. The van der Waals surface area contributed by atoms with Crippen LogP contribution in [0.2, 0.25) is 0 Å². The van der Waals surface area contributed by atoms with Gasteiger partial charge in [-0.2, -0.15) is 0 Å². The molecule has 1 aliphatic carbocycles. The summed E-state index contributed by atoms with van der Waals surface area (Å²) >= 11 is 0. The maximum atomic E-state index is 13.8. The lowest BCUT2D eigenvalue weighted by atomic mass is 10.00. The first-order valence-corrected chi connectivity index (χ1v) is 6.90. The van der Waals surface area contributed by atoms with Gasteiger partial charge in [0.15, 0.2) is 0 Å². The van der Waals surface area contributed by atoms with E-state index in [1.807, 2.05) is 0 Å². The minimum Gasteiger partial charge on any atom is -0.465 e. The Morgan fingerprint density at radius 3 is 2.75 bits per heavy atom. The van der Waals surface area contributed by atoms with E-state index in [1.54, 1.807) is 0 Å². The van der Waals surface area contributed by atoms with Gasteiger partial charge in [0.2, 0.25) is 0 Å². The van der Waals surface area contributed by atoms with Gasteiger partial charge in [0.05, 0.1) is 18.4 Å². The van der Waals surface area contributed by atoms with E-state index in [0.717, 1.165) is 31.7 Å². The molecule has 1 fully saturated rings. The topological polar surface area (TPSA) is 38.3 Å². The molecule has 2 atom stereocenters. The van der Waals surface area contributed by atoms with E-state index in [2.05, 4.69) is 17.0 Å². The highest BCUT2D eigenvalue weighted by atomic mass is 19.1. The average molecular weight is 283 g/mol. The predicted octanol–water partition coefficient (Wildman–Crippen LogP) is 3.74. The molecule has 1 saturated carbocycles. The Hall–Kier alpha value is -1.65. The summed E-state index contributed by atoms with van der Waals surface area (Å²) < 4.78 is 31.9. The molecule has 3 nitrogen and oxygen atoms in total. The Labute approximate surface area is 117 Å². The molecule has 0 aliphatic heterocycles. The van der Waals surface area contributed by atoms with Gasteiger partial charge in [-0.3, -0.25) is 0 Å². The van der Waals surface area contributed by atoms with Crippen LogP contribution in [0.5, 0.6) is 0 Å². The zero-order chi connectivity index (χ0) is 14.7. The zero-order valence-corrected chi connectivity index (χ0v) is 11.7. The fraction of sp³-hybridized carbons (Fsp3) is 0.533. The highest BCUT2D eigenvalue weighted by molar-refractivity contribution is 5.90. The van der Waals surface area contributed by atoms with Crippen LogP contribution < -0.4 is 5.32 Å².